The van der Waals surface area contributed by atoms with Gasteiger partial charge in [-0.2, -0.15) is 0 Å². The van der Waals surface area contributed by atoms with E-state index in [9.17, 15) is 14.4 Å². The van der Waals surface area contributed by atoms with Crippen LogP contribution in [0.3, 0.4) is 0 Å². The summed E-state index contributed by atoms with van der Waals surface area (Å²) in [4.78, 5) is 35.8. The number of esters is 1. The minimum Gasteiger partial charge on any atom is -0.496 e. The average Bonchev–Trinajstić information content (AvgIpc) is 3.03. The van der Waals surface area contributed by atoms with Gasteiger partial charge in [0.2, 0.25) is 0 Å². The maximum atomic E-state index is 12.3. The van der Waals surface area contributed by atoms with Gasteiger partial charge in [-0.05, 0) is 37.4 Å². The predicted molar refractivity (Wildman–Crippen MR) is 94.1 cm³/mol. The van der Waals surface area contributed by atoms with E-state index >= 15 is 0 Å². The van der Waals surface area contributed by atoms with E-state index in [1.54, 1.807) is 23.6 Å². The quantitative estimate of drug-likeness (QED) is 0.767. The van der Waals surface area contributed by atoms with E-state index in [1.165, 1.54) is 20.1 Å². The van der Waals surface area contributed by atoms with Crippen molar-refractivity contribution in [1.29, 1.82) is 0 Å². The largest absolute Gasteiger partial charge is 0.496 e. The average molecular weight is 362 g/mol. The number of rotatable bonds is 6. The van der Waals surface area contributed by atoms with Crippen molar-refractivity contribution >= 4 is 34.1 Å². The van der Waals surface area contributed by atoms with Crippen molar-refractivity contribution in [1.82, 2.24) is 0 Å². The van der Waals surface area contributed by atoms with Crippen LogP contribution in [-0.2, 0) is 9.53 Å². The molecule has 0 unspecified atom stereocenters. The molecule has 0 radical (unpaired) electrons. The van der Waals surface area contributed by atoms with E-state index in [2.05, 4.69) is 5.32 Å². The molecule has 0 saturated heterocycles. The standard InChI is InChI=1S/C17H18N2O5S/c1-9-4-5-13(23-3)12(8-9)17(22)24-10(2)15(21)19-16-11(14(18)20)6-7-25-16/h4-8,10H,1-3H3,(H2,18,20)(H,19,21)/t10-/m1/s1. The third-order valence-corrected chi connectivity index (χ3v) is 4.23. The molecule has 7 nitrogen and oxygen atoms in total. The molecule has 8 heteroatoms. The summed E-state index contributed by atoms with van der Waals surface area (Å²) in [5.41, 5.74) is 6.53. The minimum absolute atomic E-state index is 0.206. The number of aryl methyl sites for hydroxylation is 1. The van der Waals surface area contributed by atoms with Gasteiger partial charge in [0.1, 0.15) is 16.3 Å². The maximum Gasteiger partial charge on any atom is 0.342 e. The molecular formula is C17H18N2O5S. The fourth-order valence-corrected chi connectivity index (χ4v) is 2.87. The smallest absolute Gasteiger partial charge is 0.342 e. The highest BCUT2D eigenvalue weighted by Gasteiger charge is 2.23. The van der Waals surface area contributed by atoms with E-state index in [0.29, 0.717) is 10.8 Å². The Hall–Kier alpha value is -2.87. The number of hydrogen-bond acceptors (Lipinski definition) is 6. The lowest BCUT2D eigenvalue weighted by Crippen LogP contribution is -2.30. The highest BCUT2D eigenvalue weighted by atomic mass is 32.1. The molecule has 0 fully saturated rings. The highest BCUT2D eigenvalue weighted by Crippen LogP contribution is 2.24. The van der Waals surface area contributed by atoms with Gasteiger partial charge in [0.05, 0.1) is 12.7 Å². The number of ether oxygens (including phenoxy) is 2. The molecule has 1 aromatic carbocycles. The Morgan fingerprint density at radius 3 is 2.56 bits per heavy atom. The van der Waals surface area contributed by atoms with Crippen LogP contribution < -0.4 is 15.8 Å². The summed E-state index contributed by atoms with van der Waals surface area (Å²) in [6, 6.07) is 6.59. The lowest BCUT2D eigenvalue weighted by Gasteiger charge is -2.15. The molecule has 0 saturated carbocycles. The van der Waals surface area contributed by atoms with Crippen LogP contribution in [0.25, 0.3) is 0 Å². The number of amides is 2. The lowest BCUT2D eigenvalue weighted by atomic mass is 10.1. The van der Waals surface area contributed by atoms with Crippen LogP contribution >= 0.6 is 11.3 Å². The maximum absolute atomic E-state index is 12.3. The molecule has 25 heavy (non-hydrogen) atoms. The monoisotopic (exact) mass is 362 g/mol. The minimum atomic E-state index is -1.07. The molecule has 3 N–H and O–H groups in total. The Morgan fingerprint density at radius 1 is 1.20 bits per heavy atom. The molecule has 1 atom stereocenters. The van der Waals surface area contributed by atoms with Crippen molar-refractivity contribution in [2.75, 3.05) is 12.4 Å². The number of methoxy groups -OCH3 is 1. The summed E-state index contributed by atoms with van der Waals surface area (Å²) in [7, 11) is 1.44. The molecule has 0 bridgehead atoms. The number of hydrogen-bond donors (Lipinski definition) is 2. The van der Waals surface area contributed by atoms with Gasteiger partial charge >= 0.3 is 5.97 Å². The first-order valence-corrected chi connectivity index (χ1v) is 8.25. The Morgan fingerprint density at radius 2 is 1.92 bits per heavy atom. The van der Waals surface area contributed by atoms with Gasteiger partial charge in [-0.1, -0.05) is 11.6 Å². The van der Waals surface area contributed by atoms with Crippen LogP contribution in [0, 0.1) is 6.92 Å². The second-order valence-corrected chi connectivity index (χ2v) is 6.18. The zero-order valence-corrected chi connectivity index (χ0v) is 14.8. The zero-order valence-electron chi connectivity index (χ0n) is 14.0. The number of anilines is 1. The van der Waals surface area contributed by atoms with Crippen LogP contribution in [0.15, 0.2) is 29.6 Å². The van der Waals surface area contributed by atoms with Crippen molar-refractivity contribution in [2.45, 2.75) is 20.0 Å². The van der Waals surface area contributed by atoms with Crippen molar-refractivity contribution in [2.24, 2.45) is 5.73 Å². The molecule has 0 aliphatic carbocycles. The normalized spacial score (nSPS) is 11.5. The third kappa shape index (κ3) is 4.36. The predicted octanol–water partition coefficient (Wildman–Crippen LogP) is 2.35. The first-order chi connectivity index (χ1) is 11.8. The van der Waals surface area contributed by atoms with Gasteiger partial charge in [-0.3, -0.25) is 9.59 Å². The van der Waals surface area contributed by atoms with Crippen LogP contribution in [0.5, 0.6) is 5.75 Å². The number of nitrogens with one attached hydrogen (secondary N) is 1. The van der Waals surface area contributed by atoms with E-state index in [-0.39, 0.29) is 11.1 Å². The van der Waals surface area contributed by atoms with Crippen molar-refractivity contribution in [3.8, 4) is 5.75 Å². The van der Waals surface area contributed by atoms with Gasteiger partial charge in [-0.25, -0.2) is 4.79 Å². The summed E-state index contributed by atoms with van der Waals surface area (Å²) < 4.78 is 10.3. The number of primary amides is 1. The number of carbonyl (C=O) groups excluding carboxylic acids is 3. The number of benzene rings is 1. The molecule has 2 amide bonds. The summed E-state index contributed by atoms with van der Waals surface area (Å²) in [6.45, 7) is 3.27. The molecule has 0 aliphatic heterocycles. The van der Waals surface area contributed by atoms with Gasteiger partial charge in [0.15, 0.2) is 6.10 Å². The first kappa shape index (κ1) is 18.5. The van der Waals surface area contributed by atoms with Crippen LogP contribution in [0.2, 0.25) is 0 Å². The van der Waals surface area contributed by atoms with Crippen LogP contribution in [0.1, 0.15) is 33.2 Å². The Bertz CT molecular complexity index is 815. The third-order valence-electron chi connectivity index (χ3n) is 3.40. The number of carbonyl (C=O) groups is 3. The summed E-state index contributed by atoms with van der Waals surface area (Å²) in [5.74, 6) is -1.53. The Labute approximate surface area is 148 Å². The molecular weight excluding hydrogens is 344 g/mol. The van der Waals surface area contributed by atoms with E-state index in [0.717, 1.165) is 16.9 Å². The van der Waals surface area contributed by atoms with Gasteiger partial charge in [0, 0.05) is 0 Å². The molecule has 0 spiro atoms. The van der Waals surface area contributed by atoms with E-state index < -0.39 is 23.9 Å². The van der Waals surface area contributed by atoms with E-state index in [4.69, 9.17) is 15.2 Å². The fraction of sp³-hybridized carbons (Fsp3) is 0.235. The first-order valence-electron chi connectivity index (χ1n) is 7.37. The van der Waals surface area contributed by atoms with Gasteiger partial charge in [0.25, 0.3) is 11.8 Å². The zero-order chi connectivity index (χ0) is 18.6. The van der Waals surface area contributed by atoms with Crippen LogP contribution in [0.4, 0.5) is 5.00 Å². The van der Waals surface area contributed by atoms with Crippen molar-refractivity contribution in [3.05, 3.63) is 46.3 Å². The fourth-order valence-electron chi connectivity index (χ4n) is 2.07. The van der Waals surface area contributed by atoms with Crippen molar-refractivity contribution in [3.63, 3.8) is 0 Å². The molecule has 2 aromatic rings. The summed E-state index contributed by atoms with van der Waals surface area (Å²) >= 11 is 1.15. The highest BCUT2D eigenvalue weighted by molar-refractivity contribution is 7.14. The number of nitrogens with two attached hydrogens (primary N) is 1. The summed E-state index contributed by atoms with van der Waals surface area (Å²) in [5, 5.41) is 4.48. The molecule has 1 heterocycles. The SMILES string of the molecule is COc1ccc(C)cc1C(=O)O[C@H](C)C(=O)Nc1sccc1C(N)=O. The second-order valence-electron chi connectivity index (χ2n) is 5.27. The Balaban J connectivity index is 2.08. The molecule has 1 aromatic heterocycles. The number of thiophene rings is 1. The topological polar surface area (TPSA) is 108 Å². The van der Waals surface area contributed by atoms with Gasteiger partial charge in [-0.15, -0.1) is 11.3 Å². The summed E-state index contributed by atoms with van der Waals surface area (Å²) in [6.07, 6.45) is -1.07. The van der Waals surface area contributed by atoms with Crippen molar-refractivity contribution < 1.29 is 23.9 Å². The Kier molecular flexibility index (Phi) is 5.76. The molecule has 2 rings (SSSR count). The van der Waals surface area contributed by atoms with Crippen LogP contribution in [-0.4, -0.2) is 31.0 Å². The van der Waals surface area contributed by atoms with Gasteiger partial charge < -0.3 is 20.5 Å². The molecule has 0 aliphatic rings. The second kappa shape index (κ2) is 7.80. The van der Waals surface area contributed by atoms with E-state index in [1.807, 2.05) is 6.92 Å². The lowest BCUT2D eigenvalue weighted by molar-refractivity contribution is -0.123. The molecule has 132 valence electrons.